The second kappa shape index (κ2) is 9.25. The van der Waals surface area contributed by atoms with E-state index in [1.54, 1.807) is 43.5 Å². The number of ether oxygens (including phenoxy) is 1. The highest BCUT2D eigenvalue weighted by atomic mass is 79.9. The van der Waals surface area contributed by atoms with E-state index in [9.17, 15) is 13.2 Å². The van der Waals surface area contributed by atoms with Crippen LogP contribution in [0.2, 0.25) is 0 Å². The number of amides is 1. The van der Waals surface area contributed by atoms with Gasteiger partial charge in [-0.2, -0.15) is 4.31 Å². The van der Waals surface area contributed by atoms with Crippen molar-refractivity contribution in [2.75, 3.05) is 38.6 Å². The third-order valence-electron chi connectivity index (χ3n) is 4.97. The molecule has 0 spiro atoms. The minimum Gasteiger partial charge on any atom is -0.497 e. The minimum absolute atomic E-state index is 0.137. The monoisotopic (exact) mass is 481 g/mol. The largest absolute Gasteiger partial charge is 0.497 e. The molecule has 1 aliphatic heterocycles. The smallest absolute Gasteiger partial charge is 0.243 e. The number of methoxy groups -OCH3 is 1. The van der Waals surface area contributed by atoms with Crippen molar-refractivity contribution in [3.8, 4) is 5.75 Å². The molecule has 9 heteroatoms. The van der Waals surface area contributed by atoms with E-state index in [2.05, 4.69) is 21.2 Å². The summed E-state index contributed by atoms with van der Waals surface area (Å²) in [5.41, 5.74) is 0.664. The number of anilines is 1. The van der Waals surface area contributed by atoms with E-state index in [0.717, 1.165) is 4.47 Å². The van der Waals surface area contributed by atoms with Crippen LogP contribution in [-0.2, 0) is 14.8 Å². The molecule has 29 heavy (non-hydrogen) atoms. The summed E-state index contributed by atoms with van der Waals surface area (Å²) >= 11 is 3.32. The van der Waals surface area contributed by atoms with Gasteiger partial charge in [-0.25, -0.2) is 8.42 Å². The fourth-order valence-electron chi connectivity index (χ4n) is 3.22. The van der Waals surface area contributed by atoms with E-state index >= 15 is 0 Å². The Kier molecular flexibility index (Phi) is 6.94. The number of hydrogen-bond acceptors (Lipinski definition) is 5. The van der Waals surface area contributed by atoms with Crippen LogP contribution in [0.4, 0.5) is 5.69 Å². The molecule has 1 saturated heterocycles. The molecule has 1 unspecified atom stereocenters. The van der Waals surface area contributed by atoms with Crippen molar-refractivity contribution in [3.05, 3.63) is 53.0 Å². The Morgan fingerprint density at radius 2 is 1.79 bits per heavy atom. The molecule has 1 amide bonds. The third kappa shape index (κ3) is 5.16. The molecule has 1 aliphatic rings. The van der Waals surface area contributed by atoms with Gasteiger partial charge in [0.1, 0.15) is 5.75 Å². The highest BCUT2D eigenvalue weighted by molar-refractivity contribution is 9.10. The summed E-state index contributed by atoms with van der Waals surface area (Å²) in [7, 11) is -1.97. The van der Waals surface area contributed by atoms with Gasteiger partial charge in [0.15, 0.2) is 0 Å². The van der Waals surface area contributed by atoms with Gasteiger partial charge >= 0.3 is 0 Å². The van der Waals surface area contributed by atoms with E-state index in [1.807, 2.05) is 24.0 Å². The summed E-state index contributed by atoms with van der Waals surface area (Å²) in [6.45, 7) is 3.48. The van der Waals surface area contributed by atoms with Crippen molar-refractivity contribution in [2.45, 2.75) is 17.9 Å². The zero-order valence-electron chi connectivity index (χ0n) is 16.3. The van der Waals surface area contributed by atoms with Gasteiger partial charge in [-0.05, 0) is 37.3 Å². The normalized spacial score (nSPS) is 16.9. The lowest BCUT2D eigenvalue weighted by Gasteiger charge is -2.36. The SMILES string of the molecule is COc1cccc(NC(=O)C(C)N2CCN(S(=O)(=O)c3cccc(Br)c3)CC2)c1. The maximum absolute atomic E-state index is 12.8. The lowest BCUT2D eigenvalue weighted by Crippen LogP contribution is -2.53. The molecule has 2 aromatic carbocycles. The summed E-state index contributed by atoms with van der Waals surface area (Å²) in [6, 6.07) is 13.5. The first kappa shape index (κ1) is 21.8. The highest BCUT2D eigenvalue weighted by Gasteiger charge is 2.31. The second-order valence-electron chi connectivity index (χ2n) is 6.79. The molecule has 0 aliphatic carbocycles. The van der Waals surface area contributed by atoms with Crippen LogP contribution >= 0.6 is 15.9 Å². The number of carbonyl (C=O) groups is 1. The molecule has 2 aromatic rings. The molecule has 3 rings (SSSR count). The van der Waals surface area contributed by atoms with Crippen molar-refractivity contribution in [1.29, 1.82) is 0 Å². The lowest BCUT2D eigenvalue weighted by atomic mass is 10.2. The Morgan fingerprint density at radius 3 is 2.45 bits per heavy atom. The number of nitrogens with zero attached hydrogens (tertiary/aromatic N) is 2. The zero-order valence-corrected chi connectivity index (χ0v) is 18.7. The Hall–Kier alpha value is -1.94. The first-order valence-electron chi connectivity index (χ1n) is 9.26. The molecule has 0 aromatic heterocycles. The van der Waals surface area contributed by atoms with Crippen LogP contribution in [-0.4, -0.2) is 62.9 Å². The minimum atomic E-state index is -3.55. The Labute approximate surface area is 179 Å². The van der Waals surface area contributed by atoms with Gasteiger partial charge in [-0.3, -0.25) is 9.69 Å². The number of carbonyl (C=O) groups excluding carboxylic acids is 1. The number of sulfonamides is 1. The maximum atomic E-state index is 12.8. The highest BCUT2D eigenvalue weighted by Crippen LogP contribution is 2.22. The topological polar surface area (TPSA) is 79.0 Å². The van der Waals surface area contributed by atoms with E-state index < -0.39 is 10.0 Å². The van der Waals surface area contributed by atoms with Crippen LogP contribution in [0.15, 0.2) is 57.9 Å². The van der Waals surface area contributed by atoms with Gasteiger partial charge in [0.05, 0.1) is 18.0 Å². The van der Waals surface area contributed by atoms with Gasteiger partial charge in [0.25, 0.3) is 0 Å². The van der Waals surface area contributed by atoms with Crippen molar-refractivity contribution >= 4 is 37.5 Å². The van der Waals surface area contributed by atoms with E-state index in [1.165, 1.54) is 4.31 Å². The summed E-state index contributed by atoms with van der Waals surface area (Å²) in [6.07, 6.45) is 0. The van der Waals surface area contributed by atoms with Crippen LogP contribution < -0.4 is 10.1 Å². The molecule has 1 heterocycles. The van der Waals surface area contributed by atoms with Crippen LogP contribution in [0.3, 0.4) is 0 Å². The van der Waals surface area contributed by atoms with Crippen LogP contribution in [0.1, 0.15) is 6.92 Å². The quantitative estimate of drug-likeness (QED) is 0.685. The molecule has 0 radical (unpaired) electrons. The lowest BCUT2D eigenvalue weighted by molar-refractivity contribution is -0.121. The number of piperazine rings is 1. The molecule has 1 atom stereocenters. The predicted molar refractivity (Wildman–Crippen MR) is 116 cm³/mol. The molecule has 156 valence electrons. The van der Waals surface area contributed by atoms with Gasteiger partial charge in [0, 0.05) is 42.4 Å². The Balaban J connectivity index is 1.60. The molecule has 7 nitrogen and oxygen atoms in total. The summed E-state index contributed by atoms with van der Waals surface area (Å²) in [5.74, 6) is 0.531. The van der Waals surface area contributed by atoms with Crippen LogP contribution in [0.25, 0.3) is 0 Å². The van der Waals surface area contributed by atoms with Crippen LogP contribution in [0.5, 0.6) is 5.75 Å². The number of halogens is 1. The molecule has 1 fully saturated rings. The molecule has 0 bridgehead atoms. The number of nitrogens with one attached hydrogen (secondary N) is 1. The van der Waals surface area contributed by atoms with E-state index in [-0.39, 0.29) is 16.8 Å². The van der Waals surface area contributed by atoms with Gasteiger partial charge in [-0.15, -0.1) is 0 Å². The zero-order chi connectivity index (χ0) is 21.0. The first-order chi connectivity index (χ1) is 13.8. The van der Waals surface area contributed by atoms with Crippen molar-refractivity contribution in [3.63, 3.8) is 0 Å². The predicted octanol–water partition coefficient (Wildman–Crippen LogP) is 2.79. The number of hydrogen-bond donors (Lipinski definition) is 1. The maximum Gasteiger partial charge on any atom is 0.243 e. The molecule has 1 N–H and O–H groups in total. The third-order valence-corrected chi connectivity index (χ3v) is 7.36. The first-order valence-corrected chi connectivity index (χ1v) is 11.5. The summed E-state index contributed by atoms with van der Waals surface area (Å²) in [4.78, 5) is 14.9. The standard InChI is InChI=1S/C20H24BrN3O4S/c1-15(20(25)22-17-6-4-7-18(14-17)28-2)23-9-11-24(12-10-23)29(26,27)19-8-3-5-16(21)13-19/h3-8,13-15H,9-12H2,1-2H3,(H,22,25). The average molecular weight is 482 g/mol. The van der Waals surface area contributed by atoms with E-state index in [0.29, 0.717) is 37.6 Å². The van der Waals surface area contributed by atoms with Crippen molar-refractivity contribution in [2.24, 2.45) is 0 Å². The summed E-state index contributed by atoms with van der Waals surface area (Å²) in [5, 5.41) is 2.89. The number of benzene rings is 2. The fraction of sp³-hybridized carbons (Fsp3) is 0.350. The Bertz CT molecular complexity index is 975. The molecule has 0 saturated carbocycles. The second-order valence-corrected chi connectivity index (χ2v) is 9.65. The van der Waals surface area contributed by atoms with Gasteiger partial charge in [0.2, 0.25) is 15.9 Å². The van der Waals surface area contributed by atoms with Gasteiger partial charge < -0.3 is 10.1 Å². The number of rotatable bonds is 6. The Morgan fingerprint density at radius 1 is 1.10 bits per heavy atom. The van der Waals surface area contributed by atoms with E-state index in [4.69, 9.17) is 4.74 Å². The average Bonchev–Trinajstić information content (AvgIpc) is 2.73. The van der Waals surface area contributed by atoms with Crippen LogP contribution in [0, 0.1) is 0 Å². The molecular formula is C20H24BrN3O4S. The molecular weight excluding hydrogens is 458 g/mol. The van der Waals surface area contributed by atoms with Crippen molar-refractivity contribution < 1.29 is 17.9 Å². The summed E-state index contributed by atoms with van der Waals surface area (Å²) < 4.78 is 33.1. The fourth-order valence-corrected chi connectivity index (χ4v) is 5.24. The van der Waals surface area contributed by atoms with Crippen molar-refractivity contribution in [1.82, 2.24) is 9.21 Å². The van der Waals surface area contributed by atoms with Gasteiger partial charge in [-0.1, -0.05) is 28.1 Å².